The van der Waals surface area contributed by atoms with E-state index in [4.69, 9.17) is 4.74 Å². The highest BCUT2D eigenvalue weighted by atomic mass is 16.5. The summed E-state index contributed by atoms with van der Waals surface area (Å²) in [6, 6.07) is 14.2. The van der Waals surface area contributed by atoms with E-state index in [2.05, 4.69) is 39.8 Å². The number of carbonyl (C=O) groups is 1. The summed E-state index contributed by atoms with van der Waals surface area (Å²) in [5, 5.41) is 0. The zero-order chi connectivity index (χ0) is 17.7. The first kappa shape index (κ1) is 18.0. The fourth-order valence-corrected chi connectivity index (χ4v) is 2.51. The lowest BCUT2D eigenvalue weighted by molar-refractivity contribution is -0.128. The number of hydrogen-bond acceptors (Lipinski definition) is 2. The minimum Gasteiger partial charge on any atom is -0.423 e. The first-order valence-electron chi connectivity index (χ1n) is 8.47. The molecule has 0 amide bonds. The molecule has 2 aromatic carbocycles. The maximum Gasteiger partial charge on any atom is 0.336 e. The fourth-order valence-electron chi connectivity index (χ4n) is 2.51. The highest BCUT2D eigenvalue weighted by molar-refractivity contribution is 5.88. The second-order valence-electron chi connectivity index (χ2n) is 6.77. The molecule has 0 aromatic heterocycles. The molecule has 2 aromatic rings. The van der Waals surface area contributed by atoms with Gasteiger partial charge in [0, 0.05) is 6.08 Å². The van der Waals surface area contributed by atoms with E-state index in [0.29, 0.717) is 17.6 Å². The van der Waals surface area contributed by atoms with Gasteiger partial charge >= 0.3 is 5.97 Å². The van der Waals surface area contributed by atoms with Crippen LogP contribution in [-0.4, -0.2) is 5.97 Å². The molecule has 2 nitrogen and oxygen atoms in total. The molecule has 0 bridgehead atoms. The molecule has 0 saturated carbocycles. The normalized spacial score (nSPS) is 11.5. The van der Waals surface area contributed by atoms with Crippen molar-refractivity contribution in [3.8, 4) is 5.75 Å². The Morgan fingerprint density at radius 3 is 2.21 bits per heavy atom. The Hall–Kier alpha value is -2.35. The molecule has 126 valence electrons. The summed E-state index contributed by atoms with van der Waals surface area (Å²) < 4.78 is 5.55. The topological polar surface area (TPSA) is 26.3 Å². The Labute approximate surface area is 145 Å². The van der Waals surface area contributed by atoms with Crippen LogP contribution >= 0.6 is 0 Å². The molecular weight excluding hydrogens is 296 g/mol. The number of esters is 1. The summed E-state index contributed by atoms with van der Waals surface area (Å²) in [7, 11) is 0. The van der Waals surface area contributed by atoms with E-state index < -0.39 is 0 Å². The molecule has 2 heteroatoms. The van der Waals surface area contributed by atoms with Crippen molar-refractivity contribution < 1.29 is 9.53 Å². The number of benzene rings is 2. The molecule has 0 aliphatic rings. The quantitative estimate of drug-likeness (QED) is 0.391. The predicted molar refractivity (Wildman–Crippen MR) is 100 cm³/mol. The van der Waals surface area contributed by atoms with Crippen LogP contribution in [0.3, 0.4) is 0 Å². The SMILES string of the molecule is Cc1ccc(C(C)C)c(OC(=O)/C=C/c2ccc(C(C)C)cc2)c1. The van der Waals surface area contributed by atoms with Crippen LogP contribution in [0.5, 0.6) is 5.75 Å². The molecule has 0 fully saturated rings. The molecule has 0 aliphatic heterocycles. The zero-order valence-electron chi connectivity index (χ0n) is 15.2. The number of hydrogen-bond donors (Lipinski definition) is 0. The van der Waals surface area contributed by atoms with Crippen molar-refractivity contribution in [2.45, 2.75) is 46.5 Å². The van der Waals surface area contributed by atoms with Gasteiger partial charge in [-0.2, -0.15) is 0 Å². The molecule has 0 unspecified atom stereocenters. The second-order valence-corrected chi connectivity index (χ2v) is 6.77. The highest BCUT2D eigenvalue weighted by Gasteiger charge is 2.10. The molecule has 0 N–H and O–H groups in total. The first-order chi connectivity index (χ1) is 11.4. The third kappa shape index (κ3) is 4.82. The van der Waals surface area contributed by atoms with Gasteiger partial charge < -0.3 is 4.74 Å². The Morgan fingerprint density at radius 2 is 1.62 bits per heavy atom. The Morgan fingerprint density at radius 1 is 0.958 bits per heavy atom. The Kier molecular flexibility index (Phi) is 5.97. The molecule has 0 atom stereocenters. The van der Waals surface area contributed by atoms with Gasteiger partial charge in [-0.3, -0.25) is 0 Å². The summed E-state index contributed by atoms with van der Waals surface area (Å²) in [5.41, 5.74) is 4.40. The second kappa shape index (κ2) is 7.96. The Bertz CT molecular complexity index is 722. The van der Waals surface area contributed by atoms with E-state index in [-0.39, 0.29) is 5.97 Å². The first-order valence-corrected chi connectivity index (χ1v) is 8.47. The van der Waals surface area contributed by atoms with Crippen molar-refractivity contribution in [3.63, 3.8) is 0 Å². The lowest BCUT2D eigenvalue weighted by Gasteiger charge is -2.12. The highest BCUT2D eigenvalue weighted by Crippen LogP contribution is 2.27. The van der Waals surface area contributed by atoms with E-state index in [1.165, 1.54) is 11.6 Å². The number of carbonyl (C=O) groups excluding carboxylic acids is 1. The fraction of sp³-hybridized carbons (Fsp3) is 0.318. The summed E-state index contributed by atoms with van der Waals surface area (Å²) in [4.78, 5) is 12.1. The molecule has 0 saturated heterocycles. The van der Waals surface area contributed by atoms with Gasteiger partial charge in [0.25, 0.3) is 0 Å². The van der Waals surface area contributed by atoms with Gasteiger partial charge in [-0.25, -0.2) is 4.79 Å². The third-order valence-corrected chi connectivity index (χ3v) is 4.02. The number of ether oxygens (including phenoxy) is 1. The van der Waals surface area contributed by atoms with Gasteiger partial charge in [0.1, 0.15) is 5.75 Å². The van der Waals surface area contributed by atoms with E-state index in [1.807, 2.05) is 37.3 Å². The van der Waals surface area contributed by atoms with Crippen molar-refractivity contribution >= 4 is 12.0 Å². The summed E-state index contributed by atoms with van der Waals surface area (Å²) >= 11 is 0. The van der Waals surface area contributed by atoms with Crippen molar-refractivity contribution in [1.82, 2.24) is 0 Å². The van der Waals surface area contributed by atoms with Crippen molar-refractivity contribution in [3.05, 3.63) is 70.8 Å². The van der Waals surface area contributed by atoms with Crippen LogP contribution in [0.25, 0.3) is 6.08 Å². The van der Waals surface area contributed by atoms with Gasteiger partial charge in [-0.15, -0.1) is 0 Å². The average molecular weight is 322 g/mol. The number of aryl methyl sites for hydroxylation is 1. The van der Waals surface area contributed by atoms with Crippen LogP contribution in [0.2, 0.25) is 0 Å². The summed E-state index contributed by atoms with van der Waals surface area (Å²) in [5.74, 6) is 1.11. The van der Waals surface area contributed by atoms with Crippen molar-refractivity contribution in [1.29, 1.82) is 0 Å². The maximum atomic E-state index is 12.1. The van der Waals surface area contributed by atoms with Gasteiger partial charge in [0.2, 0.25) is 0 Å². The van der Waals surface area contributed by atoms with E-state index in [9.17, 15) is 4.79 Å². The van der Waals surface area contributed by atoms with Crippen LogP contribution in [-0.2, 0) is 4.79 Å². The van der Waals surface area contributed by atoms with Crippen molar-refractivity contribution in [2.75, 3.05) is 0 Å². The van der Waals surface area contributed by atoms with Crippen LogP contribution in [0.15, 0.2) is 48.5 Å². The van der Waals surface area contributed by atoms with E-state index >= 15 is 0 Å². The number of rotatable bonds is 5. The monoisotopic (exact) mass is 322 g/mol. The molecule has 0 radical (unpaired) electrons. The lowest BCUT2D eigenvalue weighted by atomic mass is 10.0. The van der Waals surface area contributed by atoms with Gasteiger partial charge in [0.05, 0.1) is 0 Å². The maximum absolute atomic E-state index is 12.1. The van der Waals surface area contributed by atoms with Gasteiger partial charge in [0.15, 0.2) is 0 Å². The van der Waals surface area contributed by atoms with Crippen molar-refractivity contribution in [2.24, 2.45) is 0 Å². The average Bonchev–Trinajstić information content (AvgIpc) is 2.53. The largest absolute Gasteiger partial charge is 0.423 e. The van der Waals surface area contributed by atoms with E-state index in [0.717, 1.165) is 16.7 Å². The molecule has 0 spiro atoms. The van der Waals surface area contributed by atoms with Crippen LogP contribution < -0.4 is 4.74 Å². The third-order valence-electron chi connectivity index (χ3n) is 4.02. The lowest BCUT2D eigenvalue weighted by Crippen LogP contribution is -2.06. The van der Waals surface area contributed by atoms with E-state index in [1.54, 1.807) is 6.08 Å². The van der Waals surface area contributed by atoms with Crippen LogP contribution in [0.1, 0.15) is 61.8 Å². The minimum absolute atomic E-state index is 0.306. The summed E-state index contributed by atoms with van der Waals surface area (Å²) in [6.45, 7) is 10.5. The van der Waals surface area contributed by atoms with Crippen LogP contribution in [0, 0.1) is 6.92 Å². The smallest absolute Gasteiger partial charge is 0.336 e. The predicted octanol–water partition coefficient (Wildman–Crippen LogP) is 5.86. The Balaban J connectivity index is 2.09. The van der Waals surface area contributed by atoms with Crippen LogP contribution in [0.4, 0.5) is 0 Å². The van der Waals surface area contributed by atoms with Gasteiger partial charge in [-0.1, -0.05) is 64.1 Å². The molecule has 0 heterocycles. The van der Waals surface area contributed by atoms with Gasteiger partial charge in [-0.05, 0) is 53.2 Å². The molecular formula is C22H26O2. The summed E-state index contributed by atoms with van der Waals surface area (Å²) in [6.07, 6.45) is 3.27. The molecule has 0 aliphatic carbocycles. The molecule has 2 rings (SSSR count). The minimum atomic E-state index is -0.351. The standard InChI is InChI=1S/C22H26O2/c1-15(2)19-10-7-18(8-11-19)9-13-22(23)24-21-14-17(5)6-12-20(21)16(3)4/h6-16H,1-5H3/b13-9+. The molecule has 24 heavy (non-hydrogen) atoms. The zero-order valence-corrected chi connectivity index (χ0v) is 15.2.